The van der Waals surface area contributed by atoms with Crippen LogP contribution in [0.2, 0.25) is 0 Å². The number of hydrogen-bond donors (Lipinski definition) is 0. The van der Waals surface area contributed by atoms with Crippen LogP contribution in [-0.4, -0.2) is 88.5 Å². The van der Waals surface area contributed by atoms with Gasteiger partial charge in [-0.25, -0.2) is 34.9 Å². The number of aromatic nitrogens is 18. The summed E-state index contributed by atoms with van der Waals surface area (Å²) in [6.07, 6.45) is 21.3. The van der Waals surface area contributed by atoms with Crippen molar-refractivity contribution in [3.05, 3.63) is 414 Å². The van der Waals surface area contributed by atoms with E-state index in [1.54, 1.807) is 62.0 Å². The molecule has 0 radical (unpaired) electrons. The van der Waals surface area contributed by atoms with Crippen molar-refractivity contribution in [2.24, 2.45) is 0 Å². The molecule has 0 unspecified atom stereocenters. The van der Waals surface area contributed by atoms with E-state index in [9.17, 15) is 0 Å². The number of fused-ring (bicyclic) bond motifs is 15. The molecule has 15 heterocycles. The molecule has 0 bridgehead atoms. The second-order valence-electron chi connectivity index (χ2n) is 31.5. The molecule has 11 aromatic carbocycles. The van der Waals surface area contributed by atoms with Crippen LogP contribution in [-0.2, 0) is 0 Å². The molecule has 15 aromatic heterocycles. The Kier molecular flexibility index (Phi) is 19.3. The zero-order valence-corrected chi connectivity index (χ0v) is 70.0. The summed E-state index contributed by atoms with van der Waals surface area (Å²) < 4.78 is 26.0. The summed E-state index contributed by atoms with van der Waals surface area (Å²) in [7, 11) is 0. The molecule has 0 spiro atoms. The van der Waals surface area contributed by atoms with Gasteiger partial charge in [-0.15, -0.1) is 0 Å². The number of hydrogen-bond acceptors (Lipinski definition) is 18. The van der Waals surface area contributed by atoms with Crippen molar-refractivity contribution in [2.45, 2.75) is 0 Å². The van der Waals surface area contributed by atoms with Gasteiger partial charge in [-0.1, -0.05) is 133 Å². The van der Waals surface area contributed by atoms with Crippen LogP contribution in [0.4, 0.5) is 0 Å². The molecule has 0 aliphatic carbocycles. The maximum Gasteiger partial charge on any atom is 0.238 e. The lowest BCUT2D eigenvalue weighted by atomic mass is 10.0. The van der Waals surface area contributed by atoms with Crippen LogP contribution in [0.25, 0.3) is 241 Å². The SMILES string of the molecule is c1ccc(-c2nc3ccc4c(c5ccccc5n4-c4cccc(-c5cc(-c6ccncc6)cc(-c6ccncc6)n5)c4)c3o2)cc1.c1ccc(-c2nc3ccc4c(c5ccccc5n4-c4cccc(-c5nc(-c6ccncc6)cc(-c6ccncc6)n5)c4)c3o2)cc1.c1ccc(-c2nc3ccc4c(c5ccccc5n4-c4nc(-c5ccncc5)nc(-c5ccncc5)n4)c3o2)cc1. The molecule has 620 valence electrons. The number of rotatable bonds is 14. The quantitative estimate of drug-likeness (QED) is 0.0981. The zero-order chi connectivity index (χ0) is 87.4. The second kappa shape index (κ2) is 33.0. The summed E-state index contributed by atoms with van der Waals surface area (Å²) in [5.41, 5.74) is 27.9. The Morgan fingerprint density at radius 2 is 0.492 bits per heavy atom. The molecular formula is C111H68N18O3. The highest BCUT2D eigenvalue weighted by Gasteiger charge is 2.26. The van der Waals surface area contributed by atoms with Crippen LogP contribution in [0.1, 0.15) is 0 Å². The highest BCUT2D eigenvalue weighted by molar-refractivity contribution is 6.22. The smallest absolute Gasteiger partial charge is 0.238 e. The monoisotopic (exact) mass is 1700 g/mol. The minimum absolute atomic E-state index is 0.502. The molecule has 26 rings (SSSR count). The summed E-state index contributed by atoms with van der Waals surface area (Å²) in [6, 6.07) is 114. The van der Waals surface area contributed by atoms with Gasteiger partial charge < -0.3 is 22.4 Å². The van der Waals surface area contributed by atoms with Gasteiger partial charge in [0.2, 0.25) is 23.6 Å². The Morgan fingerprint density at radius 3 is 0.894 bits per heavy atom. The molecule has 21 heteroatoms. The molecule has 21 nitrogen and oxygen atoms in total. The molecule has 26 aromatic rings. The van der Waals surface area contributed by atoms with E-state index in [-0.39, 0.29) is 0 Å². The van der Waals surface area contributed by atoms with Gasteiger partial charge in [0.1, 0.15) is 16.6 Å². The topological polar surface area (TPSA) is 248 Å². The average Bonchev–Trinajstić information content (AvgIpc) is 1.58. The molecule has 132 heavy (non-hydrogen) atoms. The predicted octanol–water partition coefficient (Wildman–Crippen LogP) is 25.9. The van der Waals surface area contributed by atoms with Crippen molar-refractivity contribution in [1.82, 2.24) is 88.5 Å². The highest BCUT2D eigenvalue weighted by atomic mass is 16.4. The maximum atomic E-state index is 6.48. The summed E-state index contributed by atoms with van der Waals surface area (Å²) in [4.78, 5) is 69.6. The molecule has 0 atom stereocenters. The minimum Gasteiger partial charge on any atom is -0.435 e. The van der Waals surface area contributed by atoms with Crippen molar-refractivity contribution in [3.8, 4) is 142 Å². The normalized spacial score (nSPS) is 11.5. The fourth-order valence-electron chi connectivity index (χ4n) is 17.5. The molecule has 0 saturated heterocycles. The number of nitrogens with zero attached hydrogens (tertiary/aromatic N) is 18. The fourth-order valence-corrected chi connectivity index (χ4v) is 17.5. The molecule has 0 saturated carbocycles. The largest absolute Gasteiger partial charge is 0.435 e. The predicted molar refractivity (Wildman–Crippen MR) is 518 cm³/mol. The van der Waals surface area contributed by atoms with E-state index in [0.29, 0.717) is 41.1 Å². The number of pyridine rings is 7. The van der Waals surface area contributed by atoms with E-state index < -0.39 is 0 Å². The summed E-state index contributed by atoms with van der Waals surface area (Å²) in [6.45, 7) is 0. The van der Waals surface area contributed by atoms with Crippen LogP contribution in [0.5, 0.6) is 0 Å². The van der Waals surface area contributed by atoms with E-state index in [1.165, 1.54) is 0 Å². The van der Waals surface area contributed by atoms with E-state index >= 15 is 0 Å². The minimum atomic E-state index is 0.502. The third kappa shape index (κ3) is 14.2. The van der Waals surface area contributed by atoms with Crippen molar-refractivity contribution in [2.75, 3.05) is 0 Å². The molecule has 0 aliphatic heterocycles. The van der Waals surface area contributed by atoms with Gasteiger partial charge in [-0.2, -0.15) is 9.97 Å². The lowest BCUT2D eigenvalue weighted by Gasteiger charge is -2.12. The van der Waals surface area contributed by atoms with Gasteiger partial charge in [-0.3, -0.25) is 34.5 Å². The molecule has 0 aliphatic rings. The zero-order valence-electron chi connectivity index (χ0n) is 70.0. The van der Waals surface area contributed by atoms with Gasteiger partial charge in [-0.05, 0) is 217 Å². The first kappa shape index (κ1) is 77.0. The fraction of sp³-hybridized carbons (Fsp3) is 0. The first-order chi connectivity index (χ1) is 65.4. The Bertz CT molecular complexity index is 8300. The molecule has 0 fully saturated rings. The molecular weight excluding hydrogens is 1630 g/mol. The van der Waals surface area contributed by atoms with Crippen molar-refractivity contribution >= 4 is 98.7 Å². The van der Waals surface area contributed by atoms with Crippen molar-refractivity contribution < 1.29 is 13.3 Å². The Balaban J connectivity index is 0.000000110. The van der Waals surface area contributed by atoms with E-state index in [0.717, 1.165) is 200 Å². The van der Waals surface area contributed by atoms with Crippen molar-refractivity contribution in [3.63, 3.8) is 0 Å². The summed E-state index contributed by atoms with van der Waals surface area (Å²) in [5.74, 6) is 4.05. The maximum absolute atomic E-state index is 6.48. The Hall–Kier alpha value is -18.6. The number of para-hydroxylation sites is 3. The van der Waals surface area contributed by atoms with Gasteiger partial charge in [0, 0.05) is 158 Å². The van der Waals surface area contributed by atoms with E-state index in [4.69, 9.17) is 58.1 Å². The molecule has 0 amide bonds. The summed E-state index contributed by atoms with van der Waals surface area (Å²) in [5, 5.41) is 6.27. The lowest BCUT2D eigenvalue weighted by molar-refractivity contribution is 0.622. The van der Waals surface area contributed by atoms with E-state index in [1.807, 2.05) is 213 Å². The first-order valence-corrected chi connectivity index (χ1v) is 42.9. The summed E-state index contributed by atoms with van der Waals surface area (Å²) >= 11 is 0. The van der Waals surface area contributed by atoms with Crippen LogP contribution in [0.15, 0.2) is 427 Å². The van der Waals surface area contributed by atoms with Crippen LogP contribution in [0.3, 0.4) is 0 Å². The molecule has 0 N–H and O–H groups in total. The lowest BCUT2D eigenvalue weighted by Crippen LogP contribution is -2.06. The third-order valence-corrected chi connectivity index (χ3v) is 23.6. The standard InChI is InChI=1S/C40H25N5O.C39H24N6O.C32H19N7O/c1-2-7-28(8-3-1)40-44-33-13-14-37-38(39(33)46-40)32-11-4-5-12-36(32)45(37)31-10-6-9-29(23-31)35-25-30(26-15-19-41-20-16-26)24-34(43-35)27-17-21-42-22-18-27;1-2-7-27(8-3-1)39-44-31-13-14-35-36(37(31)46-39)30-11-4-5-12-34(30)45(35)29-10-6-9-28(23-29)38-42-32(25-15-19-40-20-16-25)24-33(43-38)26-17-21-41-22-18-26;1-2-6-22(7-3-1)31-35-24-10-11-26-27(28(24)40-31)23-8-4-5-9-25(23)39(26)32-37-29(20-12-16-33-17-13-20)36-30(38-32)21-14-18-34-19-15-21/h1-25H;1-24H;1-19H. The Morgan fingerprint density at radius 1 is 0.182 bits per heavy atom. The van der Waals surface area contributed by atoms with E-state index in [2.05, 4.69) is 183 Å². The Labute approximate surface area is 751 Å². The van der Waals surface area contributed by atoms with Gasteiger partial charge in [0.25, 0.3) is 0 Å². The highest BCUT2D eigenvalue weighted by Crippen LogP contribution is 2.45. The third-order valence-electron chi connectivity index (χ3n) is 23.6. The number of oxazole rings is 3. The second-order valence-corrected chi connectivity index (χ2v) is 31.5. The van der Waals surface area contributed by atoms with Crippen molar-refractivity contribution in [1.29, 1.82) is 0 Å². The van der Waals surface area contributed by atoms with Crippen LogP contribution >= 0.6 is 0 Å². The van der Waals surface area contributed by atoms with Gasteiger partial charge >= 0.3 is 0 Å². The van der Waals surface area contributed by atoms with Gasteiger partial charge in [0.15, 0.2) is 34.2 Å². The average molecular weight is 1700 g/mol. The van der Waals surface area contributed by atoms with Gasteiger partial charge in [0.05, 0.1) is 72.0 Å². The van der Waals surface area contributed by atoms with Crippen LogP contribution < -0.4 is 0 Å². The number of benzene rings is 11. The van der Waals surface area contributed by atoms with Crippen LogP contribution in [0, 0.1) is 0 Å². The first-order valence-electron chi connectivity index (χ1n) is 42.9.